The van der Waals surface area contributed by atoms with Crippen LogP contribution in [0, 0.1) is 0 Å². The highest BCUT2D eigenvalue weighted by atomic mass is 32.2. The van der Waals surface area contributed by atoms with Gasteiger partial charge in [-0.15, -0.1) is 0 Å². The molecule has 0 rings (SSSR count). The van der Waals surface area contributed by atoms with Gasteiger partial charge in [-0.05, 0) is 12.2 Å². The van der Waals surface area contributed by atoms with Crippen LogP contribution in [-0.2, 0) is 4.79 Å². The summed E-state index contributed by atoms with van der Waals surface area (Å²) < 4.78 is 0. The molecule has 1 unspecified atom stereocenters. The van der Waals surface area contributed by atoms with Crippen molar-refractivity contribution in [3.63, 3.8) is 0 Å². The fourth-order valence-corrected chi connectivity index (χ4v) is 1.56. The van der Waals surface area contributed by atoms with Crippen molar-refractivity contribution in [2.24, 2.45) is 5.73 Å². The van der Waals surface area contributed by atoms with E-state index in [0.717, 1.165) is 12.2 Å². The number of thioether (sulfide) groups is 1. The topological polar surface area (TPSA) is 55.1 Å². The van der Waals surface area contributed by atoms with E-state index in [1.54, 1.807) is 7.05 Å². The summed E-state index contributed by atoms with van der Waals surface area (Å²) in [4.78, 5) is 10.8. The first-order valence-corrected chi connectivity index (χ1v) is 5.27. The Bertz CT molecular complexity index is 130. The lowest BCUT2D eigenvalue weighted by molar-refractivity contribution is -0.120. The third-order valence-electron chi connectivity index (χ3n) is 1.56. The molecule has 0 saturated carbocycles. The highest BCUT2D eigenvalue weighted by Crippen LogP contribution is 2.10. The number of amides is 1. The van der Waals surface area contributed by atoms with Crippen molar-refractivity contribution in [2.45, 2.75) is 25.0 Å². The molecule has 0 aliphatic rings. The molecule has 0 radical (unpaired) electrons. The van der Waals surface area contributed by atoms with Gasteiger partial charge in [-0.2, -0.15) is 11.8 Å². The molecule has 0 bridgehead atoms. The standard InChI is InChI=1S/C8H18N2OS/c1-7(6-9)12-5-3-4-8(11)10-2/h7H,3-6,9H2,1-2H3,(H,10,11). The molecule has 0 aliphatic carbocycles. The minimum atomic E-state index is 0.121. The van der Waals surface area contributed by atoms with Gasteiger partial charge in [0.15, 0.2) is 0 Å². The lowest BCUT2D eigenvalue weighted by atomic mass is 10.3. The van der Waals surface area contributed by atoms with Gasteiger partial charge in [-0.25, -0.2) is 0 Å². The van der Waals surface area contributed by atoms with Crippen molar-refractivity contribution in [3.05, 3.63) is 0 Å². The van der Waals surface area contributed by atoms with E-state index in [4.69, 9.17) is 5.73 Å². The first-order chi connectivity index (χ1) is 5.70. The van der Waals surface area contributed by atoms with E-state index < -0.39 is 0 Å². The molecule has 0 heterocycles. The second kappa shape index (κ2) is 7.43. The van der Waals surface area contributed by atoms with Crippen LogP contribution < -0.4 is 11.1 Å². The zero-order chi connectivity index (χ0) is 9.40. The van der Waals surface area contributed by atoms with Gasteiger partial charge in [0.25, 0.3) is 0 Å². The summed E-state index contributed by atoms with van der Waals surface area (Å²) in [5, 5.41) is 3.10. The van der Waals surface area contributed by atoms with Crippen LogP contribution in [-0.4, -0.2) is 30.5 Å². The summed E-state index contributed by atoms with van der Waals surface area (Å²) in [7, 11) is 1.66. The van der Waals surface area contributed by atoms with E-state index in [1.807, 2.05) is 11.8 Å². The maximum absolute atomic E-state index is 10.8. The SMILES string of the molecule is CNC(=O)CCCSC(C)CN. The Kier molecular flexibility index (Phi) is 7.29. The first-order valence-electron chi connectivity index (χ1n) is 4.23. The Morgan fingerprint density at radius 3 is 2.83 bits per heavy atom. The Labute approximate surface area is 78.5 Å². The van der Waals surface area contributed by atoms with Crippen LogP contribution in [0.4, 0.5) is 0 Å². The summed E-state index contributed by atoms with van der Waals surface area (Å²) in [5.74, 6) is 1.14. The fraction of sp³-hybridized carbons (Fsp3) is 0.875. The van der Waals surface area contributed by atoms with Crippen LogP contribution in [0.3, 0.4) is 0 Å². The number of carbonyl (C=O) groups is 1. The van der Waals surface area contributed by atoms with Gasteiger partial charge < -0.3 is 11.1 Å². The molecule has 1 amide bonds. The molecular weight excluding hydrogens is 172 g/mol. The van der Waals surface area contributed by atoms with Gasteiger partial charge in [-0.1, -0.05) is 6.92 Å². The monoisotopic (exact) mass is 190 g/mol. The number of hydrogen-bond acceptors (Lipinski definition) is 3. The number of nitrogens with one attached hydrogen (secondary N) is 1. The average Bonchev–Trinajstić information content (AvgIpc) is 2.11. The smallest absolute Gasteiger partial charge is 0.219 e. The van der Waals surface area contributed by atoms with Gasteiger partial charge in [-0.3, -0.25) is 4.79 Å². The summed E-state index contributed by atoms with van der Waals surface area (Å²) in [6, 6.07) is 0. The van der Waals surface area contributed by atoms with E-state index in [9.17, 15) is 4.79 Å². The molecule has 0 aliphatic heterocycles. The lowest BCUT2D eigenvalue weighted by Gasteiger charge is -2.06. The molecule has 0 aromatic heterocycles. The van der Waals surface area contributed by atoms with Gasteiger partial charge >= 0.3 is 0 Å². The van der Waals surface area contributed by atoms with E-state index in [1.165, 1.54) is 0 Å². The Balaban J connectivity index is 3.15. The van der Waals surface area contributed by atoms with Gasteiger partial charge in [0.1, 0.15) is 0 Å². The first kappa shape index (κ1) is 11.8. The van der Waals surface area contributed by atoms with Gasteiger partial charge in [0, 0.05) is 25.3 Å². The predicted molar refractivity (Wildman–Crippen MR) is 54.3 cm³/mol. The van der Waals surface area contributed by atoms with Crippen molar-refractivity contribution in [2.75, 3.05) is 19.3 Å². The Hall–Kier alpha value is -0.220. The van der Waals surface area contributed by atoms with Crippen LogP contribution in [0.5, 0.6) is 0 Å². The van der Waals surface area contributed by atoms with Crippen LogP contribution in [0.2, 0.25) is 0 Å². The Morgan fingerprint density at radius 1 is 1.67 bits per heavy atom. The normalized spacial score (nSPS) is 12.6. The third-order valence-corrected chi connectivity index (χ3v) is 2.85. The lowest BCUT2D eigenvalue weighted by Crippen LogP contribution is -2.18. The second-order valence-electron chi connectivity index (χ2n) is 2.69. The van der Waals surface area contributed by atoms with Crippen molar-refractivity contribution in [3.8, 4) is 0 Å². The molecule has 0 aromatic carbocycles. The average molecular weight is 190 g/mol. The van der Waals surface area contributed by atoms with Crippen LogP contribution in [0.25, 0.3) is 0 Å². The molecule has 0 fully saturated rings. The van der Waals surface area contributed by atoms with E-state index in [2.05, 4.69) is 12.2 Å². The summed E-state index contributed by atoms with van der Waals surface area (Å²) in [6.45, 7) is 2.81. The number of hydrogen-bond donors (Lipinski definition) is 2. The maximum atomic E-state index is 10.8. The molecule has 72 valence electrons. The highest BCUT2D eigenvalue weighted by molar-refractivity contribution is 7.99. The van der Waals surface area contributed by atoms with Crippen LogP contribution in [0.15, 0.2) is 0 Å². The van der Waals surface area contributed by atoms with E-state index in [-0.39, 0.29) is 5.91 Å². The molecule has 3 nitrogen and oxygen atoms in total. The number of carbonyl (C=O) groups excluding carboxylic acids is 1. The van der Waals surface area contributed by atoms with Gasteiger partial charge in [0.05, 0.1) is 0 Å². The van der Waals surface area contributed by atoms with Crippen molar-refractivity contribution < 1.29 is 4.79 Å². The third kappa shape index (κ3) is 6.49. The van der Waals surface area contributed by atoms with Crippen molar-refractivity contribution in [1.82, 2.24) is 5.32 Å². The maximum Gasteiger partial charge on any atom is 0.219 e. The van der Waals surface area contributed by atoms with Gasteiger partial charge in [0.2, 0.25) is 5.91 Å². The fourth-order valence-electron chi connectivity index (χ4n) is 0.710. The van der Waals surface area contributed by atoms with E-state index in [0.29, 0.717) is 18.2 Å². The van der Waals surface area contributed by atoms with Crippen LogP contribution >= 0.6 is 11.8 Å². The number of rotatable bonds is 6. The highest BCUT2D eigenvalue weighted by Gasteiger charge is 2.00. The second-order valence-corrected chi connectivity index (χ2v) is 4.24. The van der Waals surface area contributed by atoms with Crippen molar-refractivity contribution in [1.29, 1.82) is 0 Å². The molecule has 3 N–H and O–H groups in total. The van der Waals surface area contributed by atoms with E-state index >= 15 is 0 Å². The largest absolute Gasteiger partial charge is 0.359 e. The minimum Gasteiger partial charge on any atom is -0.359 e. The Morgan fingerprint density at radius 2 is 2.33 bits per heavy atom. The molecule has 1 atom stereocenters. The summed E-state index contributed by atoms with van der Waals surface area (Å²) >= 11 is 1.82. The molecular formula is C8H18N2OS. The zero-order valence-corrected chi connectivity index (χ0v) is 8.62. The molecule has 0 saturated heterocycles. The molecule has 0 aromatic rings. The molecule has 12 heavy (non-hydrogen) atoms. The summed E-state index contributed by atoms with van der Waals surface area (Å²) in [6.07, 6.45) is 1.56. The summed E-state index contributed by atoms with van der Waals surface area (Å²) in [5.41, 5.74) is 5.44. The number of nitrogens with two attached hydrogens (primary N) is 1. The minimum absolute atomic E-state index is 0.121. The molecule has 4 heteroatoms. The predicted octanol–water partition coefficient (Wildman–Crippen LogP) is 0.593. The van der Waals surface area contributed by atoms with Crippen LogP contribution in [0.1, 0.15) is 19.8 Å². The quantitative estimate of drug-likeness (QED) is 0.603. The zero-order valence-electron chi connectivity index (χ0n) is 7.80. The molecule has 0 spiro atoms. The van der Waals surface area contributed by atoms with Crippen molar-refractivity contribution >= 4 is 17.7 Å².